The van der Waals surface area contributed by atoms with Gasteiger partial charge in [-0.05, 0) is 13.8 Å². The molecule has 1 N–H and O–H groups in total. The number of nitro benzene ring substituents is 1. The summed E-state index contributed by atoms with van der Waals surface area (Å²) in [6.45, 7) is 5.65. The minimum atomic E-state index is -0.557. The molecule has 1 aromatic carbocycles. The number of hydrogen-bond acceptors (Lipinski definition) is 5. The quantitative estimate of drug-likeness (QED) is 0.676. The van der Waals surface area contributed by atoms with Crippen LogP contribution in [0.1, 0.15) is 13.8 Å². The van der Waals surface area contributed by atoms with Crippen molar-refractivity contribution in [1.29, 1.82) is 0 Å². The number of nitrogens with zero attached hydrogens (tertiary/aromatic N) is 1. The van der Waals surface area contributed by atoms with Gasteiger partial charge in [0, 0.05) is 25.2 Å². The Balaban J connectivity index is 2.05. The van der Waals surface area contributed by atoms with Gasteiger partial charge in [-0.25, -0.2) is 0 Å². The van der Waals surface area contributed by atoms with Crippen molar-refractivity contribution < 1.29 is 14.4 Å². The van der Waals surface area contributed by atoms with Crippen LogP contribution in [0.3, 0.4) is 0 Å². The molecule has 8 heteroatoms. The largest absolute Gasteiger partial charge is 0.488 e. The van der Waals surface area contributed by atoms with Crippen molar-refractivity contribution in [2.24, 2.45) is 0 Å². The van der Waals surface area contributed by atoms with E-state index in [4.69, 9.17) is 32.7 Å². The van der Waals surface area contributed by atoms with Gasteiger partial charge in [0.2, 0.25) is 0 Å². The third kappa shape index (κ3) is 4.20. The SMILES string of the molecule is CC1(C)CNCC(COc2c(Cl)cc([N+](=O)[O-])cc2Cl)O1. The summed E-state index contributed by atoms with van der Waals surface area (Å²) in [4.78, 5) is 10.2. The van der Waals surface area contributed by atoms with Crippen LogP contribution in [0.2, 0.25) is 10.0 Å². The van der Waals surface area contributed by atoms with Gasteiger partial charge in [0.1, 0.15) is 12.7 Å². The molecule has 0 aromatic heterocycles. The normalized spacial score (nSPS) is 21.0. The van der Waals surface area contributed by atoms with Gasteiger partial charge in [-0.2, -0.15) is 0 Å². The number of morpholine rings is 1. The van der Waals surface area contributed by atoms with E-state index in [1.54, 1.807) is 0 Å². The highest BCUT2D eigenvalue weighted by atomic mass is 35.5. The summed E-state index contributed by atoms with van der Waals surface area (Å²) in [5.74, 6) is 0.232. The van der Waals surface area contributed by atoms with Crippen molar-refractivity contribution in [3.8, 4) is 5.75 Å². The fraction of sp³-hybridized carbons (Fsp3) is 0.538. The van der Waals surface area contributed by atoms with Gasteiger partial charge >= 0.3 is 0 Å². The van der Waals surface area contributed by atoms with Crippen LogP contribution in [0.5, 0.6) is 5.75 Å². The first-order chi connectivity index (χ1) is 9.78. The molecule has 1 unspecified atom stereocenters. The maximum absolute atomic E-state index is 10.7. The molecule has 0 amide bonds. The van der Waals surface area contributed by atoms with Gasteiger partial charge in [-0.15, -0.1) is 0 Å². The minimum absolute atomic E-state index is 0.109. The topological polar surface area (TPSA) is 73.6 Å². The fourth-order valence-corrected chi connectivity index (χ4v) is 2.71. The molecule has 0 spiro atoms. The number of nitro groups is 1. The van der Waals surface area contributed by atoms with Crippen molar-refractivity contribution in [1.82, 2.24) is 5.32 Å². The third-order valence-electron chi connectivity index (χ3n) is 3.02. The molecule has 116 valence electrons. The van der Waals surface area contributed by atoms with Gasteiger partial charge in [-0.3, -0.25) is 10.1 Å². The Morgan fingerprint density at radius 2 is 2.10 bits per heavy atom. The van der Waals surface area contributed by atoms with Crippen LogP contribution in [0.15, 0.2) is 12.1 Å². The predicted octanol–water partition coefficient (Wildman–Crippen LogP) is 3.05. The van der Waals surface area contributed by atoms with Crippen molar-refractivity contribution >= 4 is 28.9 Å². The molecule has 21 heavy (non-hydrogen) atoms. The highest BCUT2D eigenvalue weighted by Crippen LogP contribution is 2.37. The van der Waals surface area contributed by atoms with Crippen molar-refractivity contribution in [2.75, 3.05) is 19.7 Å². The molecule has 2 rings (SSSR count). The van der Waals surface area contributed by atoms with Gasteiger partial charge in [-0.1, -0.05) is 23.2 Å². The first kappa shape index (κ1) is 16.3. The van der Waals surface area contributed by atoms with E-state index in [1.807, 2.05) is 13.8 Å². The van der Waals surface area contributed by atoms with Crippen molar-refractivity contribution in [3.63, 3.8) is 0 Å². The average Bonchev–Trinajstić information content (AvgIpc) is 2.36. The van der Waals surface area contributed by atoms with Crippen LogP contribution in [0.25, 0.3) is 0 Å². The van der Waals surface area contributed by atoms with Crippen LogP contribution >= 0.6 is 23.2 Å². The highest BCUT2D eigenvalue weighted by Gasteiger charge is 2.29. The lowest BCUT2D eigenvalue weighted by Gasteiger charge is -2.36. The molecule has 0 bridgehead atoms. The molecule has 1 aliphatic heterocycles. The standard InChI is InChI=1S/C13H16Cl2N2O4/c1-13(2)7-16-5-9(21-13)6-20-12-10(14)3-8(17(18)19)4-11(12)15/h3-4,9,16H,5-7H2,1-2H3. The number of benzene rings is 1. The summed E-state index contributed by atoms with van der Waals surface area (Å²) < 4.78 is 11.4. The monoisotopic (exact) mass is 334 g/mol. The number of nitrogens with one attached hydrogen (secondary N) is 1. The summed E-state index contributed by atoms with van der Waals surface area (Å²) in [5.41, 5.74) is -0.441. The molecule has 1 heterocycles. The van der Waals surface area contributed by atoms with E-state index in [0.29, 0.717) is 6.54 Å². The summed E-state index contributed by atoms with van der Waals surface area (Å²) in [5, 5.41) is 14.2. The summed E-state index contributed by atoms with van der Waals surface area (Å²) in [6, 6.07) is 2.43. The highest BCUT2D eigenvalue weighted by molar-refractivity contribution is 6.37. The van der Waals surface area contributed by atoms with Gasteiger partial charge in [0.25, 0.3) is 5.69 Å². The van der Waals surface area contributed by atoms with E-state index >= 15 is 0 Å². The first-order valence-electron chi connectivity index (χ1n) is 6.43. The number of non-ortho nitro benzene ring substituents is 1. The van der Waals surface area contributed by atoms with Crippen LogP contribution < -0.4 is 10.1 Å². The first-order valence-corrected chi connectivity index (χ1v) is 7.19. The zero-order valence-corrected chi connectivity index (χ0v) is 13.2. The molecule has 6 nitrogen and oxygen atoms in total. The molecule has 1 aromatic rings. The van der Waals surface area contributed by atoms with Gasteiger partial charge < -0.3 is 14.8 Å². The van der Waals surface area contributed by atoms with Crippen molar-refractivity contribution in [2.45, 2.75) is 25.6 Å². The second kappa shape index (κ2) is 6.36. The smallest absolute Gasteiger partial charge is 0.272 e. The Bertz CT molecular complexity index is 528. The summed E-state index contributed by atoms with van der Waals surface area (Å²) in [7, 11) is 0. The Morgan fingerprint density at radius 3 is 2.62 bits per heavy atom. The molecule has 0 aliphatic carbocycles. The Hall–Kier alpha value is -1.08. The zero-order valence-electron chi connectivity index (χ0n) is 11.7. The molecular weight excluding hydrogens is 319 g/mol. The van der Waals surface area contributed by atoms with E-state index < -0.39 is 4.92 Å². The number of ether oxygens (including phenoxy) is 2. The van der Waals surface area contributed by atoms with Crippen LogP contribution in [0.4, 0.5) is 5.69 Å². The second-order valence-electron chi connectivity index (χ2n) is 5.44. The third-order valence-corrected chi connectivity index (χ3v) is 3.58. The number of hydrogen-bond donors (Lipinski definition) is 1. The van der Waals surface area contributed by atoms with Crippen LogP contribution in [-0.4, -0.2) is 36.3 Å². The predicted molar refractivity (Wildman–Crippen MR) is 80.4 cm³/mol. The number of halogens is 2. The molecule has 0 saturated carbocycles. The van der Waals surface area contributed by atoms with E-state index in [0.717, 1.165) is 6.54 Å². The zero-order chi connectivity index (χ0) is 15.6. The van der Waals surface area contributed by atoms with E-state index in [-0.39, 0.29) is 39.8 Å². The Labute approximate surface area is 132 Å². The Morgan fingerprint density at radius 1 is 1.48 bits per heavy atom. The molecule has 1 aliphatic rings. The molecule has 0 radical (unpaired) electrons. The molecule has 1 atom stereocenters. The van der Waals surface area contributed by atoms with E-state index in [1.165, 1.54) is 12.1 Å². The van der Waals surface area contributed by atoms with Crippen LogP contribution in [0, 0.1) is 10.1 Å². The number of rotatable bonds is 4. The fourth-order valence-electron chi connectivity index (χ4n) is 2.13. The lowest BCUT2D eigenvalue weighted by molar-refractivity contribution is -0.384. The summed E-state index contributed by atoms with van der Waals surface area (Å²) in [6.07, 6.45) is -0.143. The average molecular weight is 335 g/mol. The lowest BCUT2D eigenvalue weighted by Crippen LogP contribution is -2.52. The van der Waals surface area contributed by atoms with Gasteiger partial charge in [0.15, 0.2) is 5.75 Å². The van der Waals surface area contributed by atoms with Crippen molar-refractivity contribution in [3.05, 3.63) is 32.3 Å². The molecular formula is C13H16Cl2N2O4. The van der Waals surface area contributed by atoms with E-state index in [9.17, 15) is 10.1 Å². The van der Waals surface area contributed by atoms with E-state index in [2.05, 4.69) is 5.32 Å². The second-order valence-corrected chi connectivity index (χ2v) is 6.25. The maximum atomic E-state index is 10.7. The summed E-state index contributed by atoms with van der Waals surface area (Å²) >= 11 is 12.0. The lowest BCUT2D eigenvalue weighted by atomic mass is 10.1. The molecule has 1 fully saturated rings. The Kier molecular flexibility index (Phi) is 4.93. The van der Waals surface area contributed by atoms with Crippen LogP contribution in [-0.2, 0) is 4.74 Å². The maximum Gasteiger partial charge on any atom is 0.272 e. The van der Waals surface area contributed by atoms with Gasteiger partial charge in [0.05, 0.1) is 20.6 Å². The minimum Gasteiger partial charge on any atom is -0.488 e. The molecule has 1 saturated heterocycles.